The van der Waals surface area contributed by atoms with Crippen molar-refractivity contribution in [3.05, 3.63) is 22.7 Å². The van der Waals surface area contributed by atoms with Crippen LogP contribution in [0.15, 0.2) is 21.2 Å². The van der Waals surface area contributed by atoms with E-state index in [1.165, 1.54) is 0 Å². The third kappa shape index (κ3) is 3.38. The molecule has 18 heavy (non-hydrogen) atoms. The lowest BCUT2D eigenvalue weighted by molar-refractivity contribution is -0.121. The number of amides is 1. The second-order valence-electron chi connectivity index (χ2n) is 3.59. The average molecular weight is 267 g/mol. The van der Waals surface area contributed by atoms with Crippen LogP contribution in [0.4, 0.5) is 0 Å². The first-order chi connectivity index (χ1) is 8.79. The molecule has 0 spiro atoms. The number of nitrogens with one attached hydrogen (secondary N) is 1. The molecule has 0 fully saturated rings. The summed E-state index contributed by atoms with van der Waals surface area (Å²) in [6.07, 6.45) is 0.666. The number of rotatable bonds is 6. The van der Waals surface area contributed by atoms with Crippen LogP contribution in [-0.2, 0) is 11.2 Å². The third-order valence-corrected chi connectivity index (χ3v) is 2.92. The number of carbonyl (C=O) groups excluding carboxylic acids is 1. The Kier molecular flexibility index (Phi) is 4.43. The van der Waals surface area contributed by atoms with Crippen molar-refractivity contribution in [3.63, 3.8) is 0 Å². The molecule has 0 radical (unpaired) electrons. The Morgan fingerprint density at radius 2 is 2.39 bits per heavy atom. The lowest BCUT2D eigenvalue weighted by atomic mass is 10.3. The van der Waals surface area contributed by atoms with Crippen LogP contribution in [0.2, 0.25) is 0 Å². The highest BCUT2D eigenvalue weighted by Gasteiger charge is 2.10. The molecule has 1 amide bonds. The van der Waals surface area contributed by atoms with Crippen molar-refractivity contribution >= 4 is 17.2 Å². The fourth-order valence-electron chi connectivity index (χ4n) is 1.36. The van der Waals surface area contributed by atoms with Crippen molar-refractivity contribution in [2.24, 2.45) is 0 Å². The molecule has 2 aromatic heterocycles. The minimum absolute atomic E-state index is 0.0609. The second-order valence-corrected chi connectivity index (χ2v) is 4.37. The molecule has 6 nitrogen and oxygen atoms in total. The predicted octanol–water partition coefficient (Wildman–Crippen LogP) is 0.839. The van der Waals surface area contributed by atoms with Gasteiger partial charge in [-0.15, -0.1) is 10.2 Å². The molecule has 7 heteroatoms. The molecule has 0 aliphatic rings. The molecule has 0 bridgehead atoms. The van der Waals surface area contributed by atoms with Gasteiger partial charge in [-0.3, -0.25) is 4.79 Å². The van der Waals surface area contributed by atoms with E-state index in [0.29, 0.717) is 18.2 Å². The Balaban J connectivity index is 1.86. The highest BCUT2D eigenvalue weighted by Crippen LogP contribution is 2.20. The van der Waals surface area contributed by atoms with Gasteiger partial charge in [-0.2, -0.15) is 11.3 Å². The van der Waals surface area contributed by atoms with Gasteiger partial charge in [-0.25, -0.2) is 0 Å². The largest absolute Gasteiger partial charge is 0.421 e. The summed E-state index contributed by atoms with van der Waals surface area (Å²) in [5.74, 6) is 0.775. The van der Waals surface area contributed by atoms with Crippen LogP contribution in [-0.4, -0.2) is 34.4 Å². The third-order valence-electron chi connectivity index (χ3n) is 2.23. The highest BCUT2D eigenvalue weighted by atomic mass is 32.1. The van der Waals surface area contributed by atoms with E-state index in [1.807, 2.05) is 16.8 Å². The molecular formula is C11H13N3O3S. The Morgan fingerprint density at radius 1 is 1.50 bits per heavy atom. The maximum Gasteiger partial charge on any atom is 0.248 e. The SMILES string of the molecule is O=C(CCc1nnc(-c2ccsc2)o1)NCCO. The van der Waals surface area contributed by atoms with E-state index in [4.69, 9.17) is 9.52 Å². The van der Waals surface area contributed by atoms with Gasteiger partial charge in [0, 0.05) is 30.3 Å². The van der Waals surface area contributed by atoms with Gasteiger partial charge < -0.3 is 14.8 Å². The number of thiophene rings is 1. The molecule has 0 aliphatic carbocycles. The van der Waals surface area contributed by atoms with Crippen LogP contribution in [0.1, 0.15) is 12.3 Å². The van der Waals surface area contributed by atoms with Gasteiger partial charge in [0.25, 0.3) is 0 Å². The maximum absolute atomic E-state index is 11.3. The number of nitrogens with zero attached hydrogens (tertiary/aromatic N) is 2. The molecule has 0 atom stereocenters. The van der Waals surface area contributed by atoms with Gasteiger partial charge in [0.15, 0.2) is 0 Å². The van der Waals surface area contributed by atoms with Crippen LogP contribution in [0, 0.1) is 0 Å². The minimum Gasteiger partial charge on any atom is -0.421 e. The van der Waals surface area contributed by atoms with Gasteiger partial charge in [-0.1, -0.05) is 0 Å². The van der Waals surface area contributed by atoms with E-state index in [0.717, 1.165) is 5.56 Å². The quantitative estimate of drug-likeness (QED) is 0.809. The van der Waals surface area contributed by atoms with E-state index in [1.54, 1.807) is 11.3 Å². The molecular weight excluding hydrogens is 254 g/mol. The first-order valence-corrected chi connectivity index (χ1v) is 6.46. The zero-order chi connectivity index (χ0) is 12.8. The molecule has 0 aromatic carbocycles. The standard InChI is InChI=1S/C11H13N3O3S/c15-5-4-12-9(16)1-2-10-13-14-11(17-10)8-3-6-18-7-8/h3,6-7,15H,1-2,4-5H2,(H,12,16). The molecule has 2 aromatic rings. The Morgan fingerprint density at radius 3 is 3.11 bits per heavy atom. The van der Waals surface area contributed by atoms with Crippen molar-refractivity contribution < 1.29 is 14.3 Å². The van der Waals surface area contributed by atoms with Crippen LogP contribution in [0.25, 0.3) is 11.5 Å². The van der Waals surface area contributed by atoms with Crippen molar-refractivity contribution in [3.8, 4) is 11.5 Å². The fourth-order valence-corrected chi connectivity index (χ4v) is 1.99. The lowest BCUT2D eigenvalue weighted by Crippen LogP contribution is -2.26. The normalized spacial score (nSPS) is 10.5. The summed E-state index contributed by atoms with van der Waals surface area (Å²) in [5, 5.41) is 22.8. The number of hydrogen-bond donors (Lipinski definition) is 2. The zero-order valence-electron chi connectivity index (χ0n) is 9.63. The molecule has 2 rings (SSSR count). The number of aromatic nitrogens is 2. The topological polar surface area (TPSA) is 88.2 Å². The van der Waals surface area contributed by atoms with Crippen molar-refractivity contribution in [2.75, 3.05) is 13.2 Å². The Bertz CT molecular complexity index is 495. The van der Waals surface area contributed by atoms with Gasteiger partial charge in [-0.05, 0) is 11.4 Å². The second kappa shape index (κ2) is 6.27. The molecule has 0 unspecified atom stereocenters. The van der Waals surface area contributed by atoms with Gasteiger partial charge in [0.1, 0.15) is 0 Å². The average Bonchev–Trinajstić information content (AvgIpc) is 3.03. The Labute approximate surface area is 108 Å². The number of aliphatic hydroxyl groups is 1. The molecule has 0 saturated heterocycles. The van der Waals surface area contributed by atoms with Crippen molar-refractivity contribution in [2.45, 2.75) is 12.8 Å². The highest BCUT2D eigenvalue weighted by molar-refractivity contribution is 7.08. The van der Waals surface area contributed by atoms with Gasteiger partial charge in [0.2, 0.25) is 17.7 Å². The number of aliphatic hydroxyl groups excluding tert-OH is 1. The van der Waals surface area contributed by atoms with E-state index >= 15 is 0 Å². The van der Waals surface area contributed by atoms with E-state index < -0.39 is 0 Å². The van der Waals surface area contributed by atoms with Crippen LogP contribution in [0.5, 0.6) is 0 Å². The summed E-state index contributed by atoms with van der Waals surface area (Å²) < 4.78 is 5.44. The zero-order valence-corrected chi connectivity index (χ0v) is 10.4. The van der Waals surface area contributed by atoms with Gasteiger partial charge in [0.05, 0.1) is 6.61 Å². The number of hydrogen-bond acceptors (Lipinski definition) is 6. The van der Waals surface area contributed by atoms with Crippen LogP contribution < -0.4 is 5.32 Å². The first-order valence-electron chi connectivity index (χ1n) is 5.52. The lowest BCUT2D eigenvalue weighted by Gasteiger charge is -2.00. The predicted molar refractivity (Wildman–Crippen MR) is 66.0 cm³/mol. The summed E-state index contributed by atoms with van der Waals surface area (Å²) in [5.41, 5.74) is 0.892. The monoisotopic (exact) mass is 267 g/mol. The summed E-state index contributed by atoms with van der Waals surface area (Å²) in [7, 11) is 0. The summed E-state index contributed by atoms with van der Waals surface area (Å²) in [4.78, 5) is 11.3. The Hall–Kier alpha value is -1.73. The fraction of sp³-hybridized carbons (Fsp3) is 0.364. The van der Waals surface area contributed by atoms with E-state index in [9.17, 15) is 4.79 Å². The summed E-state index contributed by atoms with van der Waals surface area (Å²) in [6, 6.07) is 1.90. The summed E-state index contributed by atoms with van der Waals surface area (Å²) >= 11 is 1.56. The van der Waals surface area contributed by atoms with Crippen LogP contribution >= 0.6 is 11.3 Å². The van der Waals surface area contributed by atoms with E-state index in [-0.39, 0.29) is 25.5 Å². The molecule has 2 heterocycles. The maximum atomic E-state index is 11.3. The number of carbonyl (C=O) groups is 1. The van der Waals surface area contributed by atoms with Gasteiger partial charge >= 0.3 is 0 Å². The molecule has 2 N–H and O–H groups in total. The molecule has 0 aliphatic heterocycles. The van der Waals surface area contributed by atoms with Crippen molar-refractivity contribution in [1.29, 1.82) is 0 Å². The minimum atomic E-state index is -0.140. The van der Waals surface area contributed by atoms with E-state index in [2.05, 4.69) is 15.5 Å². The number of aryl methyl sites for hydroxylation is 1. The first kappa shape index (κ1) is 12.7. The smallest absolute Gasteiger partial charge is 0.248 e. The van der Waals surface area contributed by atoms with Crippen molar-refractivity contribution in [1.82, 2.24) is 15.5 Å². The molecule has 0 saturated carbocycles. The molecule has 96 valence electrons. The summed E-state index contributed by atoms with van der Waals surface area (Å²) in [6.45, 7) is 0.206. The van der Waals surface area contributed by atoms with Crippen LogP contribution in [0.3, 0.4) is 0 Å².